The summed E-state index contributed by atoms with van der Waals surface area (Å²) in [7, 11) is -2.04. The van der Waals surface area contributed by atoms with Crippen LogP contribution in [0, 0.1) is 5.82 Å². The normalized spacial score (nSPS) is 12.6. The number of benzene rings is 2. The second-order valence-electron chi connectivity index (χ2n) is 6.00. The van der Waals surface area contributed by atoms with Crippen molar-refractivity contribution >= 4 is 37.3 Å². The van der Waals surface area contributed by atoms with E-state index in [0.717, 1.165) is 0 Å². The first-order valence-corrected chi connectivity index (χ1v) is 11.0. The molecule has 6 nitrogen and oxygen atoms in total. The number of hydrogen-bond acceptors (Lipinski definition) is 5. The number of methoxy groups -OCH3 is 1. The number of thiazole rings is 1. The van der Waals surface area contributed by atoms with E-state index in [1.165, 1.54) is 36.6 Å². The number of para-hydroxylation sites is 1. The van der Waals surface area contributed by atoms with Crippen molar-refractivity contribution in [1.82, 2.24) is 4.57 Å². The molecule has 9 heteroatoms. The lowest BCUT2D eigenvalue weighted by Crippen LogP contribution is -2.20. The molecule has 0 fully saturated rings. The molecule has 0 aliphatic rings. The third-order valence-corrected chi connectivity index (χ3v) is 6.85. The maximum atomic E-state index is 14.3. The van der Waals surface area contributed by atoms with Crippen molar-refractivity contribution in [3.8, 4) is 0 Å². The third kappa shape index (κ3) is 4.54. The molecule has 0 N–H and O–H groups in total. The standard InChI is InChI=1S/C19H19FN2O4S2/c1-26-12-11-22-18-15(20)8-5-9-16(18)27-19(22)21-17(23)10-13-28(24,25)14-6-3-2-4-7-14/h2-9H,10-13H2,1H3. The quantitative estimate of drug-likeness (QED) is 0.587. The summed E-state index contributed by atoms with van der Waals surface area (Å²) in [5.74, 6) is -1.32. The Hall–Kier alpha value is -2.36. The molecule has 0 unspecified atom stereocenters. The first-order valence-electron chi connectivity index (χ1n) is 8.54. The van der Waals surface area contributed by atoms with Gasteiger partial charge in [0.2, 0.25) is 5.91 Å². The number of carbonyl (C=O) groups excluding carboxylic acids is 1. The van der Waals surface area contributed by atoms with Crippen LogP contribution in [0.1, 0.15) is 6.42 Å². The van der Waals surface area contributed by atoms with E-state index < -0.39 is 21.6 Å². The predicted molar refractivity (Wildman–Crippen MR) is 105 cm³/mol. The summed E-state index contributed by atoms with van der Waals surface area (Å²) in [6.07, 6.45) is -0.252. The topological polar surface area (TPSA) is 77.7 Å². The van der Waals surface area contributed by atoms with Crippen LogP contribution in [-0.4, -0.2) is 38.4 Å². The van der Waals surface area contributed by atoms with Crippen molar-refractivity contribution in [2.24, 2.45) is 4.99 Å². The van der Waals surface area contributed by atoms with E-state index in [2.05, 4.69) is 4.99 Å². The lowest BCUT2D eigenvalue weighted by Gasteiger charge is -2.05. The summed E-state index contributed by atoms with van der Waals surface area (Å²) in [5, 5.41) is 0. The molecule has 1 heterocycles. The molecule has 0 aliphatic heterocycles. The number of sulfone groups is 1. The molecular formula is C19H19FN2O4S2. The summed E-state index contributed by atoms with van der Waals surface area (Å²) >= 11 is 1.18. The van der Waals surface area contributed by atoms with Crippen LogP contribution >= 0.6 is 11.3 Å². The summed E-state index contributed by atoms with van der Waals surface area (Å²) in [6, 6.07) is 12.6. The fraction of sp³-hybridized carbons (Fsp3) is 0.263. The molecule has 0 saturated heterocycles. The Kier molecular flexibility index (Phi) is 6.38. The van der Waals surface area contributed by atoms with Gasteiger partial charge in [-0.05, 0) is 24.3 Å². The minimum atomic E-state index is -3.57. The molecule has 0 radical (unpaired) electrons. The number of carbonyl (C=O) groups is 1. The number of aromatic nitrogens is 1. The highest BCUT2D eigenvalue weighted by atomic mass is 32.2. The second kappa shape index (κ2) is 8.76. The summed E-state index contributed by atoms with van der Waals surface area (Å²) < 4.78 is 46.2. The largest absolute Gasteiger partial charge is 0.383 e. The molecular weight excluding hydrogens is 403 g/mol. The first kappa shape index (κ1) is 20.4. The number of rotatable bonds is 7. The van der Waals surface area contributed by atoms with Crippen molar-refractivity contribution in [2.75, 3.05) is 19.5 Å². The van der Waals surface area contributed by atoms with Crippen LogP contribution < -0.4 is 4.80 Å². The molecule has 3 rings (SSSR count). The van der Waals surface area contributed by atoms with Gasteiger partial charge in [0.1, 0.15) is 5.82 Å². The minimum Gasteiger partial charge on any atom is -0.383 e. The molecule has 1 aromatic heterocycles. The maximum Gasteiger partial charge on any atom is 0.249 e. The Labute approximate surface area is 165 Å². The Morgan fingerprint density at radius 3 is 2.64 bits per heavy atom. The Balaban J connectivity index is 1.87. The smallest absolute Gasteiger partial charge is 0.249 e. The Morgan fingerprint density at radius 1 is 1.18 bits per heavy atom. The molecule has 0 atom stereocenters. The number of hydrogen-bond donors (Lipinski definition) is 0. The van der Waals surface area contributed by atoms with E-state index in [1.54, 1.807) is 34.9 Å². The molecule has 2 aromatic carbocycles. The molecule has 0 saturated carbocycles. The number of ether oxygens (including phenoxy) is 1. The molecule has 1 amide bonds. The summed E-state index contributed by atoms with van der Waals surface area (Å²) in [6.45, 7) is 0.649. The van der Waals surface area contributed by atoms with Crippen LogP contribution in [0.15, 0.2) is 58.4 Å². The SMILES string of the molecule is COCCn1c(=NC(=O)CCS(=O)(=O)c2ccccc2)sc2cccc(F)c21. The van der Waals surface area contributed by atoms with Crippen LogP contribution in [0.25, 0.3) is 10.2 Å². The molecule has 0 aliphatic carbocycles. The van der Waals surface area contributed by atoms with Gasteiger partial charge in [-0.3, -0.25) is 4.79 Å². The van der Waals surface area contributed by atoms with Crippen molar-refractivity contribution in [2.45, 2.75) is 17.9 Å². The monoisotopic (exact) mass is 422 g/mol. The Bertz CT molecular complexity index is 1150. The van der Waals surface area contributed by atoms with Crippen LogP contribution in [0.4, 0.5) is 4.39 Å². The van der Waals surface area contributed by atoms with Crippen LogP contribution in [-0.2, 0) is 25.9 Å². The molecule has 3 aromatic rings. The first-order chi connectivity index (χ1) is 13.4. The average Bonchev–Trinajstić information content (AvgIpc) is 3.04. The van der Waals surface area contributed by atoms with Gasteiger partial charge in [-0.2, -0.15) is 4.99 Å². The van der Waals surface area contributed by atoms with Crippen molar-refractivity contribution < 1.29 is 22.3 Å². The Morgan fingerprint density at radius 2 is 1.93 bits per heavy atom. The van der Waals surface area contributed by atoms with E-state index in [1.807, 2.05) is 0 Å². The fourth-order valence-corrected chi connectivity index (χ4v) is 5.03. The number of halogens is 1. The van der Waals surface area contributed by atoms with E-state index in [0.29, 0.717) is 28.2 Å². The summed E-state index contributed by atoms with van der Waals surface area (Å²) in [4.78, 5) is 16.8. The predicted octanol–water partition coefficient (Wildman–Crippen LogP) is 2.78. The second-order valence-corrected chi connectivity index (χ2v) is 9.12. The summed E-state index contributed by atoms with van der Waals surface area (Å²) in [5.41, 5.74) is 0.355. The third-order valence-electron chi connectivity index (χ3n) is 4.08. The number of nitrogens with zero attached hydrogens (tertiary/aromatic N) is 2. The van der Waals surface area contributed by atoms with E-state index in [-0.39, 0.29) is 17.1 Å². The highest BCUT2D eigenvalue weighted by Gasteiger charge is 2.17. The highest BCUT2D eigenvalue weighted by Crippen LogP contribution is 2.20. The van der Waals surface area contributed by atoms with E-state index in [9.17, 15) is 17.6 Å². The van der Waals surface area contributed by atoms with Crippen molar-refractivity contribution in [1.29, 1.82) is 0 Å². The number of amides is 1. The maximum absolute atomic E-state index is 14.3. The van der Waals surface area contributed by atoms with Crippen LogP contribution in [0.2, 0.25) is 0 Å². The minimum absolute atomic E-state index is 0.168. The lowest BCUT2D eigenvalue weighted by molar-refractivity contribution is -0.117. The van der Waals surface area contributed by atoms with Gasteiger partial charge in [0.05, 0.1) is 27.5 Å². The van der Waals surface area contributed by atoms with Crippen molar-refractivity contribution in [3.05, 3.63) is 59.1 Å². The average molecular weight is 423 g/mol. The van der Waals surface area contributed by atoms with Crippen molar-refractivity contribution in [3.63, 3.8) is 0 Å². The molecule has 28 heavy (non-hydrogen) atoms. The van der Waals surface area contributed by atoms with Gasteiger partial charge in [0.25, 0.3) is 0 Å². The van der Waals surface area contributed by atoms with Gasteiger partial charge < -0.3 is 9.30 Å². The molecule has 148 valence electrons. The molecule has 0 spiro atoms. The number of fused-ring (bicyclic) bond motifs is 1. The van der Waals surface area contributed by atoms with Gasteiger partial charge in [-0.15, -0.1) is 0 Å². The van der Waals surface area contributed by atoms with Gasteiger partial charge >= 0.3 is 0 Å². The zero-order valence-electron chi connectivity index (χ0n) is 15.2. The van der Waals surface area contributed by atoms with Gasteiger partial charge in [-0.1, -0.05) is 35.6 Å². The van der Waals surface area contributed by atoms with Gasteiger partial charge in [-0.25, -0.2) is 12.8 Å². The zero-order chi connectivity index (χ0) is 20.1. The molecule has 0 bridgehead atoms. The highest BCUT2D eigenvalue weighted by molar-refractivity contribution is 7.91. The van der Waals surface area contributed by atoms with Crippen LogP contribution in [0.5, 0.6) is 0 Å². The fourth-order valence-electron chi connectivity index (χ4n) is 2.69. The zero-order valence-corrected chi connectivity index (χ0v) is 16.8. The van der Waals surface area contributed by atoms with Gasteiger partial charge in [0, 0.05) is 20.1 Å². The van der Waals surface area contributed by atoms with E-state index >= 15 is 0 Å². The van der Waals surface area contributed by atoms with Gasteiger partial charge in [0.15, 0.2) is 14.6 Å². The van der Waals surface area contributed by atoms with Crippen LogP contribution in [0.3, 0.4) is 0 Å². The van der Waals surface area contributed by atoms with E-state index in [4.69, 9.17) is 4.74 Å². The lowest BCUT2D eigenvalue weighted by atomic mass is 10.3.